The molecule has 0 bridgehead atoms. The van der Waals surface area contributed by atoms with E-state index < -0.39 is 6.10 Å². The summed E-state index contributed by atoms with van der Waals surface area (Å²) in [5.74, 6) is 0.740. The van der Waals surface area contributed by atoms with Crippen molar-refractivity contribution in [1.29, 1.82) is 5.26 Å². The fraction of sp³-hybridized carbons (Fsp3) is 0.900. The van der Waals surface area contributed by atoms with Crippen LogP contribution >= 0.6 is 0 Å². The van der Waals surface area contributed by atoms with Crippen molar-refractivity contribution >= 4 is 0 Å². The van der Waals surface area contributed by atoms with Crippen molar-refractivity contribution in [3.05, 3.63) is 0 Å². The van der Waals surface area contributed by atoms with Crippen molar-refractivity contribution in [2.45, 2.75) is 45.1 Å². The highest BCUT2D eigenvalue weighted by Crippen LogP contribution is 2.31. The smallest absolute Gasteiger partial charge is 0.143 e. The molecule has 12 heavy (non-hydrogen) atoms. The molecule has 0 spiro atoms. The van der Waals surface area contributed by atoms with Gasteiger partial charge in [0.25, 0.3) is 0 Å². The second-order valence-electron chi connectivity index (χ2n) is 3.83. The first kappa shape index (κ1) is 9.54. The van der Waals surface area contributed by atoms with Crippen LogP contribution in [0.15, 0.2) is 0 Å². The number of hydrogen-bond donors (Lipinski definition) is 1. The second kappa shape index (κ2) is 4.47. The van der Waals surface area contributed by atoms with Crippen molar-refractivity contribution in [2.24, 2.45) is 11.8 Å². The zero-order chi connectivity index (χ0) is 8.97. The fourth-order valence-electron chi connectivity index (χ4n) is 2.04. The SMILES string of the molecule is CC(C(O)C#N)C1CCCCC1. The van der Waals surface area contributed by atoms with Gasteiger partial charge < -0.3 is 5.11 Å². The van der Waals surface area contributed by atoms with Crippen molar-refractivity contribution in [3.8, 4) is 6.07 Å². The molecule has 1 N–H and O–H groups in total. The van der Waals surface area contributed by atoms with Crippen molar-refractivity contribution in [3.63, 3.8) is 0 Å². The minimum absolute atomic E-state index is 0.162. The molecule has 2 unspecified atom stereocenters. The normalized spacial score (nSPS) is 24.4. The molecule has 1 aliphatic rings. The summed E-state index contributed by atoms with van der Waals surface area (Å²) in [4.78, 5) is 0. The lowest BCUT2D eigenvalue weighted by molar-refractivity contribution is 0.110. The van der Waals surface area contributed by atoms with Gasteiger partial charge in [-0.2, -0.15) is 5.26 Å². The molecule has 68 valence electrons. The minimum Gasteiger partial charge on any atom is -0.378 e. The van der Waals surface area contributed by atoms with Gasteiger partial charge in [-0.05, 0) is 11.8 Å². The van der Waals surface area contributed by atoms with Crippen LogP contribution in [0, 0.1) is 23.2 Å². The van der Waals surface area contributed by atoms with Gasteiger partial charge in [-0.3, -0.25) is 0 Å². The highest BCUT2D eigenvalue weighted by molar-refractivity contribution is 4.89. The molecule has 0 aliphatic heterocycles. The summed E-state index contributed by atoms with van der Waals surface area (Å²) < 4.78 is 0. The Morgan fingerprint density at radius 2 is 1.92 bits per heavy atom. The third-order valence-electron chi connectivity index (χ3n) is 3.02. The van der Waals surface area contributed by atoms with E-state index in [1.165, 1.54) is 32.1 Å². The van der Waals surface area contributed by atoms with E-state index in [0.29, 0.717) is 5.92 Å². The Kier molecular flexibility index (Phi) is 3.55. The minimum atomic E-state index is -0.756. The van der Waals surface area contributed by atoms with Crippen LogP contribution in [0.2, 0.25) is 0 Å². The van der Waals surface area contributed by atoms with E-state index >= 15 is 0 Å². The Labute approximate surface area is 74.2 Å². The maximum atomic E-state index is 9.32. The summed E-state index contributed by atoms with van der Waals surface area (Å²) in [6.45, 7) is 1.99. The average Bonchev–Trinajstić information content (AvgIpc) is 2.17. The zero-order valence-corrected chi connectivity index (χ0v) is 7.66. The Bertz CT molecular complexity index is 167. The van der Waals surface area contributed by atoms with Crippen LogP contribution in [0.5, 0.6) is 0 Å². The third-order valence-corrected chi connectivity index (χ3v) is 3.02. The Hall–Kier alpha value is -0.550. The van der Waals surface area contributed by atoms with Gasteiger partial charge in [0.2, 0.25) is 0 Å². The lowest BCUT2D eigenvalue weighted by atomic mass is 9.79. The number of hydrogen-bond acceptors (Lipinski definition) is 2. The largest absolute Gasteiger partial charge is 0.378 e. The topological polar surface area (TPSA) is 44.0 Å². The maximum Gasteiger partial charge on any atom is 0.143 e. The first-order chi connectivity index (χ1) is 5.75. The summed E-state index contributed by atoms with van der Waals surface area (Å²) in [7, 11) is 0. The van der Waals surface area contributed by atoms with Crippen LogP contribution in [0.1, 0.15) is 39.0 Å². The van der Waals surface area contributed by atoms with Gasteiger partial charge in [-0.25, -0.2) is 0 Å². The van der Waals surface area contributed by atoms with Gasteiger partial charge in [0, 0.05) is 0 Å². The molecule has 2 heteroatoms. The Morgan fingerprint density at radius 3 is 2.42 bits per heavy atom. The van der Waals surface area contributed by atoms with E-state index in [9.17, 15) is 5.11 Å². The molecule has 0 radical (unpaired) electrons. The number of nitrogens with zero attached hydrogens (tertiary/aromatic N) is 1. The molecule has 0 amide bonds. The number of aliphatic hydroxyl groups is 1. The van der Waals surface area contributed by atoms with Crippen LogP contribution < -0.4 is 0 Å². The van der Waals surface area contributed by atoms with E-state index in [1.54, 1.807) is 0 Å². The molecule has 0 saturated heterocycles. The standard InChI is InChI=1S/C10H17NO/c1-8(10(12)7-11)9-5-3-2-4-6-9/h8-10,12H,2-6H2,1H3. The molecule has 0 aromatic heterocycles. The van der Waals surface area contributed by atoms with E-state index in [2.05, 4.69) is 0 Å². The summed E-state index contributed by atoms with van der Waals surface area (Å²) in [6.07, 6.45) is 5.50. The summed E-state index contributed by atoms with van der Waals surface area (Å²) >= 11 is 0. The molecular weight excluding hydrogens is 150 g/mol. The maximum absolute atomic E-state index is 9.32. The third kappa shape index (κ3) is 2.22. The molecule has 0 aromatic rings. The predicted octanol–water partition coefficient (Wildman–Crippen LogP) is 2.09. The second-order valence-corrected chi connectivity index (χ2v) is 3.83. The molecule has 1 saturated carbocycles. The number of nitriles is 1. The number of aliphatic hydroxyl groups excluding tert-OH is 1. The van der Waals surface area contributed by atoms with Gasteiger partial charge in [-0.1, -0.05) is 39.0 Å². The Balaban J connectivity index is 2.40. The molecule has 0 aromatic carbocycles. The fourth-order valence-corrected chi connectivity index (χ4v) is 2.04. The van der Waals surface area contributed by atoms with Gasteiger partial charge in [0.1, 0.15) is 6.10 Å². The van der Waals surface area contributed by atoms with Crippen LogP contribution in [-0.4, -0.2) is 11.2 Å². The van der Waals surface area contributed by atoms with Crippen molar-refractivity contribution < 1.29 is 5.11 Å². The first-order valence-electron chi connectivity index (χ1n) is 4.83. The van der Waals surface area contributed by atoms with Crippen LogP contribution in [-0.2, 0) is 0 Å². The van der Waals surface area contributed by atoms with Gasteiger partial charge in [0.05, 0.1) is 6.07 Å². The predicted molar refractivity (Wildman–Crippen MR) is 47.4 cm³/mol. The van der Waals surface area contributed by atoms with Crippen molar-refractivity contribution in [1.82, 2.24) is 0 Å². The highest BCUT2D eigenvalue weighted by atomic mass is 16.3. The van der Waals surface area contributed by atoms with Crippen LogP contribution in [0.25, 0.3) is 0 Å². The van der Waals surface area contributed by atoms with E-state index in [-0.39, 0.29) is 5.92 Å². The monoisotopic (exact) mass is 167 g/mol. The summed E-state index contributed by atoms with van der Waals surface area (Å²) in [5, 5.41) is 17.9. The molecule has 1 rings (SSSR count). The van der Waals surface area contributed by atoms with Crippen molar-refractivity contribution in [2.75, 3.05) is 0 Å². The molecule has 0 heterocycles. The van der Waals surface area contributed by atoms with E-state index in [1.807, 2.05) is 13.0 Å². The van der Waals surface area contributed by atoms with Crippen LogP contribution in [0.3, 0.4) is 0 Å². The molecule has 1 aliphatic carbocycles. The Morgan fingerprint density at radius 1 is 1.33 bits per heavy atom. The van der Waals surface area contributed by atoms with Gasteiger partial charge >= 0.3 is 0 Å². The quantitative estimate of drug-likeness (QED) is 0.640. The van der Waals surface area contributed by atoms with E-state index in [0.717, 1.165) is 0 Å². The highest BCUT2D eigenvalue weighted by Gasteiger charge is 2.25. The summed E-state index contributed by atoms with van der Waals surface area (Å²) in [6, 6.07) is 1.92. The van der Waals surface area contributed by atoms with E-state index in [4.69, 9.17) is 5.26 Å². The van der Waals surface area contributed by atoms with Gasteiger partial charge in [0.15, 0.2) is 0 Å². The summed E-state index contributed by atoms with van der Waals surface area (Å²) in [5.41, 5.74) is 0. The zero-order valence-electron chi connectivity index (χ0n) is 7.66. The molecule has 1 fully saturated rings. The number of rotatable bonds is 2. The first-order valence-corrected chi connectivity index (χ1v) is 4.83. The molecular formula is C10H17NO. The average molecular weight is 167 g/mol. The lowest BCUT2D eigenvalue weighted by Crippen LogP contribution is -2.25. The molecule has 2 atom stereocenters. The van der Waals surface area contributed by atoms with Gasteiger partial charge in [-0.15, -0.1) is 0 Å². The lowest BCUT2D eigenvalue weighted by Gasteiger charge is -2.28. The van der Waals surface area contributed by atoms with Crippen LogP contribution in [0.4, 0.5) is 0 Å². The molecule has 2 nitrogen and oxygen atoms in total.